The molecule has 66 valence electrons. The second-order valence-corrected chi connectivity index (χ2v) is 1.89. The molecule has 0 saturated heterocycles. The Bertz CT molecular complexity index is 190. The molecule has 0 spiro atoms. The maximum atomic E-state index is 5.15. The van der Waals surface area contributed by atoms with E-state index in [0.717, 1.165) is 11.7 Å². The van der Waals surface area contributed by atoms with Gasteiger partial charge in [0, 0.05) is 0 Å². The molecule has 1 aromatic heterocycles. The molecule has 0 aromatic carbocycles. The Morgan fingerprint density at radius 1 is 1.55 bits per heavy atom. The van der Waals surface area contributed by atoms with Crippen LogP contribution < -0.4 is 5.32 Å². The molecular weight excluding hydrogens is 187 g/mol. The number of rotatable bonds is 2. The number of aromatic nitrogens is 1. The molecule has 3 nitrogen and oxygen atoms in total. The minimum atomic E-state index is 0. The molecule has 0 fully saturated rings. The van der Waals surface area contributed by atoms with Crippen molar-refractivity contribution in [2.45, 2.75) is 13.5 Å². The predicted octanol–water partition coefficient (Wildman–Crippen LogP) is 1.55. The summed E-state index contributed by atoms with van der Waals surface area (Å²) in [5.74, 6) is 1.61. The lowest BCUT2D eigenvalue weighted by molar-refractivity contribution is 0.459. The Labute approximate surface area is 78.4 Å². The second-order valence-electron chi connectivity index (χ2n) is 1.89. The van der Waals surface area contributed by atoms with E-state index in [-0.39, 0.29) is 24.8 Å². The minimum absolute atomic E-state index is 0. The van der Waals surface area contributed by atoms with E-state index < -0.39 is 0 Å². The maximum Gasteiger partial charge on any atom is 0.208 e. The molecule has 0 bridgehead atoms. The highest BCUT2D eigenvalue weighted by molar-refractivity contribution is 5.85. The van der Waals surface area contributed by atoms with Gasteiger partial charge in [-0.2, -0.15) is 0 Å². The summed E-state index contributed by atoms with van der Waals surface area (Å²) < 4.78 is 5.15. The number of hydrogen-bond donors (Lipinski definition) is 1. The van der Waals surface area contributed by atoms with Crippen LogP contribution in [-0.4, -0.2) is 12.0 Å². The van der Waals surface area contributed by atoms with Crippen LogP contribution in [0.2, 0.25) is 0 Å². The van der Waals surface area contributed by atoms with Gasteiger partial charge in [0.15, 0.2) is 0 Å². The van der Waals surface area contributed by atoms with Gasteiger partial charge in [-0.15, -0.1) is 24.8 Å². The average molecular weight is 199 g/mol. The van der Waals surface area contributed by atoms with Crippen LogP contribution in [-0.2, 0) is 6.54 Å². The van der Waals surface area contributed by atoms with Crippen LogP contribution in [0.15, 0.2) is 10.6 Å². The summed E-state index contributed by atoms with van der Waals surface area (Å²) in [6, 6.07) is 0. The van der Waals surface area contributed by atoms with E-state index in [2.05, 4.69) is 10.3 Å². The molecule has 11 heavy (non-hydrogen) atoms. The zero-order valence-electron chi connectivity index (χ0n) is 6.46. The van der Waals surface area contributed by atoms with Gasteiger partial charge in [-0.05, 0) is 14.0 Å². The van der Waals surface area contributed by atoms with Crippen molar-refractivity contribution >= 4 is 24.8 Å². The normalized spacial score (nSPS) is 8.18. The fraction of sp³-hybridized carbons (Fsp3) is 0.500. The highest BCUT2D eigenvalue weighted by Crippen LogP contribution is 1.99. The van der Waals surface area contributed by atoms with Crippen molar-refractivity contribution in [2.75, 3.05) is 7.05 Å². The molecule has 0 unspecified atom stereocenters. The first-order valence-electron chi connectivity index (χ1n) is 2.89. The van der Waals surface area contributed by atoms with E-state index in [1.54, 1.807) is 6.20 Å². The van der Waals surface area contributed by atoms with Crippen molar-refractivity contribution in [3.8, 4) is 0 Å². The van der Waals surface area contributed by atoms with Gasteiger partial charge >= 0.3 is 0 Å². The number of nitrogens with zero attached hydrogens (tertiary/aromatic N) is 1. The molecule has 1 aromatic rings. The molecule has 0 radical (unpaired) electrons. The standard InChI is InChI=1S/C6H10N2O.2ClH/c1-5-3-8-6(9-5)4-7-2;;/h3,7H,4H2,1-2H3;2*1H. The molecule has 0 aliphatic rings. The zero-order chi connectivity index (χ0) is 6.69. The summed E-state index contributed by atoms with van der Waals surface area (Å²) >= 11 is 0. The molecule has 0 atom stereocenters. The van der Waals surface area contributed by atoms with Gasteiger partial charge in [-0.1, -0.05) is 0 Å². The molecule has 0 aliphatic carbocycles. The van der Waals surface area contributed by atoms with E-state index in [1.165, 1.54) is 0 Å². The Balaban J connectivity index is 0. The summed E-state index contributed by atoms with van der Waals surface area (Å²) in [5, 5.41) is 2.94. The number of hydrogen-bond acceptors (Lipinski definition) is 3. The van der Waals surface area contributed by atoms with Gasteiger partial charge in [0.1, 0.15) is 5.76 Å². The van der Waals surface area contributed by atoms with Crippen LogP contribution in [0.1, 0.15) is 11.7 Å². The zero-order valence-corrected chi connectivity index (χ0v) is 8.09. The summed E-state index contributed by atoms with van der Waals surface area (Å²) in [7, 11) is 1.86. The summed E-state index contributed by atoms with van der Waals surface area (Å²) in [5.41, 5.74) is 0. The van der Waals surface area contributed by atoms with Gasteiger partial charge in [0.25, 0.3) is 0 Å². The van der Waals surface area contributed by atoms with Crippen molar-refractivity contribution in [1.29, 1.82) is 0 Å². The third-order valence-corrected chi connectivity index (χ3v) is 0.997. The lowest BCUT2D eigenvalue weighted by Crippen LogP contribution is -2.04. The first-order valence-corrected chi connectivity index (χ1v) is 2.89. The molecule has 1 heterocycles. The van der Waals surface area contributed by atoms with Crippen LogP contribution in [0.4, 0.5) is 0 Å². The number of aryl methyl sites for hydroxylation is 1. The van der Waals surface area contributed by atoms with Gasteiger partial charge in [0.2, 0.25) is 5.89 Å². The molecule has 1 rings (SSSR count). The van der Waals surface area contributed by atoms with Crippen molar-refractivity contribution in [1.82, 2.24) is 10.3 Å². The third-order valence-electron chi connectivity index (χ3n) is 0.997. The summed E-state index contributed by atoms with van der Waals surface area (Å²) in [6.07, 6.45) is 1.71. The average Bonchev–Trinajstić information content (AvgIpc) is 2.17. The third kappa shape index (κ3) is 4.24. The largest absolute Gasteiger partial charge is 0.445 e. The van der Waals surface area contributed by atoms with Crippen molar-refractivity contribution in [3.05, 3.63) is 17.8 Å². The predicted molar refractivity (Wildman–Crippen MR) is 48.5 cm³/mol. The molecule has 1 N–H and O–H groups in total. The van der Waals surface area contributed by atoms with E-state index in [9.17, 15) is 0 Å². The number of oxazole rings is 1. The molecule has 0 aliphatic heterocycles. The summed E-state index contributed by atoms with van der Waals surface area (Å²) in [4.78, 5) is 3.98. The van der Waals surface area contributed by atoms with E-state index in [4.69, 9.17) is 4.42 Å². The van der Waals surface area contributed by atoms with Crippen LogP contribution in [0.3, 0.4) is 0 Å². The van der Waals surface area contributed by atoms with Crippen molar-refractivity contribution in [3.63, 3.8) is 0 Å². The van der Waals surface area contributed by atoms with E-state index >= 15 is 0 Å². The van der Waals surface area contributed by atoms with E-state index in [0.29, 0.717) is 6.54 Å². The van der Waals surface area contributed by atoms with Gasteiger partial charge in [0.05, 0.1) is 12.7 Å². The van der Waals surface area contributed by atoms with Gasteiger partial charge < -0.3 is 9.73 Å². The molecular formula is C6H12Cl2N2O. The fourth-order valence-electron chi connectivity index (χ4n) is 0.634. The minimum Gasteiger partial charge on any atom is -0.445 e. The van der Waals surface area contributed by atoms with Crippen molar-refractivity contribution < 1.29 is 4.42 Å². The maximum absolute atomic E-state index is 5.15. The number of halogens is 2. The van der Waals surface area contributed by atoms with Crippen LogP contribution in [0, 0.1) is 6.92 Å². The first kappa shape index (κ1) is 13.3. The monoisotopic (exact) mass is 198 g/mol. The Morgan fingerprint density at radius 3 is 2.55 bits per heavy atom. The SMILES string of the molecule is CNCc1ncc(C)o1.Cl.Cl. The molecule has 0 saturated carbocycles. The van der Waals surface area contributed by atoms with Crippen molar-refractivity contribution in [2.24, 2.45) is 0 Å². The quantitative estimate of drug-likeness (QED) is 0.785. The van der Waals surface area contributed by atoms with Crippen LogP contribution >= 0.6 is 24.8 Å². The van der Waals surface area contributed by atoms with E-state index in [1.807, 2.05) is 14.0 Å². The Kier molecular flexibility index (Phi) is 7.84. The summed E-state index contributed by atoms with van der Waals surface area (Å²) in [6.45, 7) is 2.58. The van der Waals surface area contributed by atoms with Crippen LogP contribution in [0.25, 0.3) is 0 Å². The fourth-order valence-corrected chi connectivity index (χ4v) is 0.634. The van der Waals surface area contributed by atoms with Gasteiger partial charge in [-0.3, -0.25) is 0 Å². The topological polar surface area (TPSA) is 38.1 Å². The highest BCUT2D eigenvalue weighted by Gasteiger charge is 1.95. The van der Waals surface area contributed by atoms with Crippen LogP contribution in [0.5, 0.6) is 0 Å². The number of nitrogens with one attached hydrogen (secondary N) is 1. The van der Waals surface area contributed by atoms with Gasteiger partial charge in [-0.25, -0.2) is 4.98 Å². The molecule has 5 heteroatoms. The second kappa shape index (κ2) is 6.46. The highest BCUT2D eigenvalue weighted by atomic mass is 35.5. The Morgan fingerprint density at radius 2 is 2.18 bits per heavy atom. The lowest BCUT2D eigenvalue weighted by Gasteiger charge is -1.88. The molecule has 0 amide bonds. The Hall–Kier alpha value is -0.250. The lowest BCUT2D eigenvalue weighted by atomic mass is 10.6. The smallest absolute Gasteiger partial charge is 0.208 e. The first-order chi connectivity index (χ1) is 4.33.